The van der Waals surface area contributed by atoms with Gasteiger partial charge in [-0.3, -0.25) is 9.59 Å². The first-order valence-corrected chi connectivity index (χ1v) is 9.43. The molecule has 3 rings (SSSR count). The molecule has 0 radical (unpaired) electrons. The van der Waals surface area contributed by atoms with E-state index in [4.69, 9.17) is 0 Å². The van der Waals surface area contributed by atoms with Crippen molar-refractivity contribution in [2.24, 2.45) is 5.92 Å². The Bertz CT molecular complexity index is 1010. The van der Waals surface area contributed by atoms with Crippen LogP contribution < -0.4 is 10.9 Å². The third-order valence-corrected chi connectivity index (χ3v) is 4.53. The van der Waals surface area contributed by atoms with Gasteiger partial charge in [0.05, 0.1) is 30.1 Å². The lowest BCUT2D eigenvalue weighted by Gasteiger charge is -2.17. The molecular weight excluding hydrogens is 354 g/mol. The number of rotatable bonds is 7. The summed E-state index contributed by atoms with van der Waals surface area (Å²) in [5, 5.41) is 18.2. The summed E-state index contributed by atoms with van der Waals surface area (Å²) < 4.78 is 1.44. The molecule has 0 aliphatic carbocycles. The maximum absolute atomic E-state index is 12.7. The van der Waals surface area contributed by atoms with Gasteiger partial charge < -0.3 is 10.4 Å². The molecule has 3 aromatic rings. The molecule has 28 heavy (non-hydrogen) atoms. The highest BCUT2D eigenvalue weighted by Crippen LogP contribution is 2.16. The van der Waals surface area contributed by atoms with Gasteiger partial charge in [0.2, 0.25) is 5.91 Å². The SMILES string of the molecule is CC(C)Cn1nc(CC(=O)N[C@H](CO)c2ccccc2)c2ccccc2c1=O. The second kappa shape index (κ2) is 8.80. The molecule has 0 bridgehead atoms. The van der Waals surface area contributed by atoms with Crippen LogP contribution in [0.25, 0.3) is 10.8 Å². The van der Waals surface area contributed by atoms with Crippen LogP contribution in [-0.2, 0) is 17.8 Å². The standard InChI is InChI=1S/C22H25N3O3/c1-15(2)13-25-22(28)18-11-7-6-10-17(18)19(24-25)12-21(27)23-20(14-26)16-8-4-3-5-9-16/h3-11,15,20,26H,12-14H2,1-2H3,(H,23,27)/t20-/m1/s1. The second-order valence-corrected chi connectivity index (χ2v) is 7.26. The number of nitrogens with one attached hydrogen (secondary N) is 1. The molecule has 0 aliphatic heterocycles. The van der Waals surface area contributed by atoms with Crippen LogP contribution in [0.3, 0.4) is 0 Å². The third kappa shape index (κ3) is 4.46. The Morgan fingerprint density at radius 3 is 2.36 bits per heavy atom. The van der Waals surface area contributed by atoms with Crippen molar-refractivity contribution in [3.05, 3.63) is 76.2 Å². The van der Waals surface area contributed by atoms with Crippen LogP contribution >= 0.6 is 0 Å². The number of aromatic nitrogens is 2. The van der Waals surface area contributed by atoms with Crippen LogP contribution in [0.15, 0.2) is 59.4 Å². The van der Waals surface area contributed by atoms with Crippen molar-refractivity contribution in [1.29, 1.82) is 0 Å². The molecule has 6 heteroatoms. The van der Waals surface area contributed by atoms with Crippen molar-refractivity contribution in [1.82, 2.24) is 15.1 Å². The van der Waals surface area contributed by atoms with E-state index >= 15 is 0 Å². The average Bonchev–Trinajstić information content (AvgIpc) is 2.70. The Kier molecular flexibility index (Phi) is 6.21. The Labute approximate surface area is 163 Å². The van der Waals surface area contributed by atoms with Crippen LogP contribution in [0.5, 0.6) is 0 Å². The topological polar surface area (TPSA) is 84.2 Å². The predicted octanol–water partition coefficient (Wildman–Crippen LogP) is 2.44. The minimum Gasteiger partial charge on any atom is -0.394 e. The van der Waals surface area contributed by atoms with E-state index in [1.807, 2.05) is 62.4 Å². The van der Waals surface area contributed by atoms with Crippen LogP contribution in [-0.4, -0.2) is 27.4 Å². The molecule has 2 N–H and O–H groups in total. The average molecular weight is 379 g/mol. The number of aliphatic hydroxyl groups excluding tert-OH is 1. The van der Waals surface area contributed by atoms with E-state index in [-0.39, 0.29) is 30.4 Å². The van der Waals surface area contributed by atoms with Crippen LogP contribution in [0.1, 0.15) is 31.1 Å². The van der Waals surface area contributed by atoms with Crippen LogP contribution in [0.2, 0.25) is 0 Å². The van der Waals surface area contributed by atoms with E-state index in [1.165, 1.54) is 4.68 Å². The molecule has 0 aliphatic rings. The fourth-order valence-electron chi connectivity index (χ4n) is 3.22. The van der Waals surface area contributed by atoms with E-state index in [0.717, 1.165) is 5.56 Å². The molecule has 2 aromatic carbocycles. The van der Waals surface area contributed by atoms with Crippen LogP contribution in [0, 0.1) is 5.92 Å². The highest BCUT2D eigenvalue weighted by Gasteiger charge is 2.17. The molecule has 1 heterocycles. The summed E-state index contributed by atoms with van der Waals surface area (Å²) in [4.78, 5) is 25.3. The molecule has 0 fully saturated rings. The molecule has 146 valence electrons. The quantitative estimate of drug-likeness (QED) is 0.660. The zero-order chi connectivity index (χ0) is 20.1. The zero-order valence-electron chi connectivity index (χ0n) is 16.1. The molecule has 0 saturated heterocycles. The predicted molar refractivity (Wildman–Crippen MR) is 109 cm³/mol. The number of carbonyl (C=O) groups is 1. The molecule has 1 aromatic heterocycles. The maximum Gasteiger partial charge on any atom is 0.274 e. The monoisotopic (exact) mass is 379 g/mol. The normalized spacial score (nSPS) is 12.3. The molecule has 0 saturated carbocycles. The van der Waals surface area contributed by atoms with E-state index in [2.05, 4.69) is 10.4 Å². The van der Waals surface area contributed by atoms with Gasteiger partial charge in [-0.1, -0.05) is 62.4 Å². The van der Waals surface area contributed by atoms with Gasteiger partial charge in [0, 0.05) is 11.9 Å². The Hall–Kier alpha value is -2.99. The fourth-order valence-corrected chi connectivity index (χ4v) is 3.22. The lowest BCUT2D eigenvalue weighted by molar-refractivity contribution is -0.121. The number of aliphatic hydroxyl groups is 1. The first kappa shape index (κ1) is 19.8. The number of fused-ring (bicyclic) bond motifs is 1. The van der Waals surface area contributed by atoms with Gasteiger partial charge in [-0.25, -0.2) is 4.68 Å². The summed E-state index contributed by atoms with van der Waals surface area (Å²) >= 11 is 0. The van der Waals surface area contributed by atoms with Gasteiger partial charge in [-0.15, -0.1) is 0 Å². The molecule has 0 unspecified atom stereocenters. The number of hydrogen-bond donors (Lipinski definition) is 2. The van der Waals surface area contributed by atoms with E-state index in [0.29, 0.717) is 23.0 Å². The third-order valence-electron chi connectivity index (χ3n) is 4.53. The molecule has 1 atom stereocenters. The van der Waals surface area contributed by atoms with Crippen molar-refractivity contribution in [3.8, 4) is 0 Å². The van der Waals surface area contributed by atoms with Gasteiger partial charge in [0.25, 0.3) is 5.56 Å². The number of carbonyl (C=O) groups excluding carboxylic acids is 1. The summed E-state index contributed by atoms with van der Waals surface area (Å²) in [6, 6.07) is 16.1. The van der Waals surface area contributed by atoms with Crippen molar-refractivity contribution in [3.63, 3.8) is 0 Å². The minimum absolute atomic E-state index is 0.0300. The van der Waals surface area contributed by atoms with Crippen molar-refractivity contribution in [2.45, 2.75) is 32.9 Å². The van der Waals surface area contributed by atoms with Crippen molar-refractivity contribution in [2.75, 3.05) is 6.61 Å². The molecule has 1 amide bonds. The van der Waals surface area contributed by atoms with E-state index in [9.17, 15) is 14.7 Å². The number of benzene rings is 2. The highest BCUT2D eigenvalue weighted by molar-refractivity contribution is 5.88. The fraction of sp³-hybridized carbons (Fsp3) is 0.318. The van der Waals surface area contributed by atoms with Gasteiger partial charge in [0.15, 0.2) is 0 Å². The van der Waals surface area contributed by atoms with Gasteiger partial charge in [-0.05, 0) is 17.5 Å². The van der Waals surface area contributed by atoms with Gasteiger partial charge in [0.1, 0.15) is 0 Å². The molecule has 0 spiro atoms. The maximum atomic E-state index is 12.7. The summed E-state index contributed by atoms with van der Waals surface area (Å²) in [6.07, 6.45) is 0.0300. The van der Waals surface area contributed by atoms with Gasteiger partial charge in [-0.2, -0.15) is 5.10 Å². The minimum atomic E-state index is -0.485. The smallest absolute Gasteiger partial charge is 0.274 e. The summed E-state index contributed by atoms with van der Waals surface area (Å²) in [5.41, 5.74) is 1.24. The van der Waals surface area contributed by atoms with Crippen molar-refractivity contribution >= 4 is 16.7 Å². The number of amides is 1. The van der Waals surface area contributed by atoms with Gasteiger partial charge >= 0.3 is 0 Å². The second-order valence-electron chi connectivity index (χ2n) is 7.26. The number of nitrogens with zero attached hydrogens (tertiary/aromatic N) is 2. The largest absolute Gasteiger partial charge is 0.394 e. The highest BCUT2D eigenvalue weighted by atomic mass is 16.3. The summed E-state index contributed by atoms with van der Waals surface area (Å²) in [6.45, 7) is 4.32. The Morgan fingerprint density at radius 2 is 1.71 bits per heavy atom. The molecular formula is C22H25N3O3. The first-order valence-electron chi connectivity index (χ1n) is 9.43. The molecule has 6 nitrogen and oxygen atoms in total. The van der Waals surface area contributed by atoms with E-state index in [1.54, 1.807) is 6.07 Å². The lowest BCUT2D eigenvalue weighted by atomic mass is 10.1. The van der Waals surface area contributed by atoms with Crippen LogP contribution in [0.4, 0.5) is 0 Å². The first-order chi connectivity index (χ1) is 13.5. The summed E-state index contributed by atoms with van der Waals surface area (Å²) in [7, 11) is 0. The number of hydrogen-bond acceptors (Lipinski definition) is 4. The van der Waals surface area contributed by atoms with E-state index < -0.39 is 6.04 Å². The van der Waals surface area contributed by atoms with Crippen molar-refractivity contribution < 1.29 is 9.90 Å². The Morgan fingerprint density at radius 1 is 1.07 bits per heavy atom. The zero-order valence-corrected chi connectivity index (χ0v) is 16.1. The lowest BCUT2D eigenvalue weighted by Crippen LogP contribution is -2.33. The Balaban J connectivity index is 1.89. The summed E-state index contributed by atoms with van der Waals surface area (Å²) in [5.74, 6) is 0.000177.